The van der Waals surface area contributed by atoms with Gasteiger partial charge in [-0.15, -0.1) is 11.8 Å². The third kappa shape index (κ3) is 2.78. The first-order valence-corrected chi connectivity index (χ1v) is 7.87. The molecule has 0 aliphatic rings. The molecule has 3 aromatic rings. The van der Waals surface area contributed by atoms with Gasteiger partial charge in [0.2, 0.25) is 0 Å². The number of fused-ring (bicyclic) bond motifs is 1. The molecule has 1 N–H and O–H groups in total. The summed E-state index contributed by atoms with van der Waals surface area (Å²) in [5.41, 5.74) is 0.650. The van der Waals surface area contributed by atoms with Gasteiger partial charge in [-0.2, -0.15) is 0 Å². The SMILES string of the molecule is O=c1[nH]c(CSc2ccccc2Br)nc2ccccc12. The Morgan fingerprint density at radius 2 is 1.85 bits per heavy atom. The lowest BCUT2D eigenvalue weighted by atomic mass is 10.2. The number of H-pyrrole nitrogens is 1. The molecule has 0 bridgehead atoms. The van der Waals surface area contributed by atoms with E-state index in [4.69, 9.17) is 0 Å². The van der Waals surface area contributed by atoms with Gasteiger partial charge in [0.25, 0.3) is 5.56 Å². The average molecular weight is 347 g/mol. The number of para-hydroxylation sites is 1. The lowest BCUT2D eigenvalue weighted by Gasteiger charge is -2.04. The molecule has 2 aromatic carbocycles. The van der Waals surface area contributed by atoms with Gasteiger partial charge in [0.15, 0.2) is 0 Å². The van der Waals surface area contributed by atoms with Gasteiger partial charge in [-0.05, 0) is 40.2 Å². The Hall–Kier alpha value is -1.59. The first-order valence-electron chi connectivity index (χ1n) is 6.09. The van der Waals surface area contributed by atoms with Crippen LogP contribution in [0.15, 0.2) is 62.7 Å². The molecule has 0 radical (unpaired) electrons. The van der Waals surface area contributed by atoms with Gasteiger partial charge >= 0.3 is 0 Å². The van der Waals surface area contributed by atoms with Crippen molar-refractivity contribution in [1.29, 1.82) is 0 Å². The summed E-state index contributed by atoms with van der Waals surface area (Å²) in [7, 11) is 0. The van der Waals surface area contributed by atoms with Crippen molar-refractivity contribution in [2.24, 2.45) is 0 Å². The first-order chi connectivity index (χ1) is 9.74. The number of halogens is 1. The van der Waals surface area contributed by atoms with E-state index >= 15 is 0 Å². The van der Waals surface area contributed by atoms with Gasteiger partial charge in [-0.25, -0.2) is 4.98 Å². The first kappa shape index (κ1) is 13.4. The summed E-state index contributed by atoms with van der Waals surface area (Å²) in [4.78, 5) is 20.4. The second-order valence-electron chi connectivity index (χ2n) is 4.25. The summed E-state index contributed by atoms with van der Waals surface area (Å²) < 4.78 is 1.05. The zero-order chi connectivity index (χ0) is 13.9. The molecule has 0 atom stereocenters. The van der Waals surface area contributed by atoms with Gasteiger partial charge in [-0.3, -0.25) is 4.79 Å². The second-order valence-corrected chi connectivity index (χ2v) is 6.12. The minimum atomic E-state index is -0.0849. The second kappa shape index (κ2) is 5.81. The number of nitrogens with zero attached hydrogens (tertiary/aromatic N) is 1. The molecule has 0 fully saturated rings. The minimum Gasteiger partial charge on any atom is -0.309 e. The van der Waals surface area contributed by atoms with Crippen molar-refractivity contribution in [3.63, 3.8) is 0 Å². The number of thioether (sulfide) groups is 1. The van der Waals surface area contributed by atoms with Crippen LogP contribution in [0.4, 0.5) is 0 Å². The molecule has 0 saturated carbocycles. The van der Waals surface area contributed by atoms with Crippen molar-refractivity contribution in [3.05, 3.63) is 69.2 Å². The Morgan fingerprint density at radius 3 is 2.70 bits per heavy atom. The van der Waals surface area contributed by atoms with Crippen molar-refractivity contribution < 1.29 is 0 Å². The smallest absolute Gasteiger partial charge is 0.258 e. The van der Waals surface area contributed by atoms with Crippen LogP contribution in [0.1, 0.15) is 5.82 Å². The number of aromatic nitrogens is 2. The molecule has 0 spiro atoms. The molecule has 0 unspecified atom stereocenters. The van der Waals surface area contributed by atoms with Gasteiger partial charge in [0.05, 0.1) is 16.7 Å². The highest BCUT2D eigenvalue weighted by Gasteiger charge is 2.05. The van der Waals surface area contributed by atoms with E-state index in [9.17, 15) is 4.79 Å². The van der Waals surface area contributed by atoms with Gasteiger partial charge in [0, 0.05) is 9.37 Å². The summed E-state index contributed by atoms with van der Waals surface area (Å²) >= 11 is 5.15. The highest BCUT2D eigenvalue weighted by atomic mass is 79.9. The summed E-state index contributed by atoms with van der Waals surface area (Å²) in [6, 6.07) is 15.4. The Kier molecular flexibility index (Phi) is 3.89. The molecule has 0 aliphatic heterocycles. The van der Waals surface area contributed by atoms with Crippen LogP contribution in [0, 0.1) is 0 Å². The van der Waals surface area contributed by atoms with Crippen LogP contribution in [0.25, 0.3) is 10.9 Å². The predicted molar refractivity (Wildman–Crippen MR) is 86.1 cm³/mol. The highest BCUT2D eigenvalue weighted by molar-refractivity contribution is 9.10. The number of benzene rings is 2. The summed E-state index contributed by atoms with van der Waals surface area (Å²) in [5.74, 6) is 1.32. The van der Waals surface area contributed by atoms with Crippen LogP contribution in [0.5, 0.6) is 0 Å². The maximum atomic E-state index is 12.0. The van der Waals surface area contributed by atoms with Crippen LogP contribution in [-0.4, -0.2) is 9.97 Å². The average Bonchev–Trinajstić information content (AvgIpc) is 2.46. The van der Waals surface area contributed by atoms with E-state index in [1.54, 1.807) is 17.8 Å². The van der Waals surface area contributed by atoms with Crippen molar-refractivity contribution in [3.8, 4) is 0 Å². The highest BCUT2D eigenvalue weighted by Crippen LogP contribution is 2.28. The molecule has 1 heterocycles. The summed E-state index contributed by atoms with van der Waals surface area (Å²) in [6.07, 6.45) is 0. The van der Waals surface area contributed by atoms with Crippen LogP contribution < -0.4 is 5.56 Å². The fraction of sp³-hybridized carbons (Fsp3) is 0.0667. The molecule has 0 aliphatic carbocycles. The van der Waals surface area contributed by atoms with E-state index in [0.29, 0.717) is 17.0 Å². The Bertz CT molecular complexity index is 816. The summed E-state index contributed by atoms with van der Waals surface area (Å²) in [5, 5.41) is 0.627. The van der Waals surface area contributed by atoms with E-state index in [1.807, 2.05) is 42.5 Å². The molecule has 0 amide bonds. The van der Waals surface area contributed by atoms with Crippen LogP contribution >= 0.6 is 27.7 Å². The topological polar surface area (TPSA) is 45.8 Å². The lowest BCUT2D eigenvalue weighted by Crippen LogP contribution is -2.11. The molecular formula is C15H11BrN2OS. The van der Waals surface area contributed by atoms with E-state index < -0.39 is 0 Å². The van der Waals surface area contributed by atoms with Crippen LogP contribution in [-0.2, 0) is 5.75 Å². The van der Waals surface area contributed by atoms with Crippen molar-refractivity contribution in [1.82, 2.24) is 9.97 Å². The zero-order valence-electron chi connectivity index (χ0n) is 10.5. The molecule has 0 saturated heterocycles. The number of rotatable bonds is 3. The predicted octanol–water partition coefficient (Wildman–Crippen LogP) is 3.98. The zero-order valence-corrected chi connectivity index (χ0v) is 12.9. The quantitative estimate of drug-likeness (QED) is 0.729. The minimum absolute atomic E-state index is 0.0849. The molecule has 1 aromatic heterocycles. The standard InChI is InChI=1S/C15H11BrN2OS/c16-11-6-2-4-8-13(11)20-9-14-17-12-7-3-1-5-10(12)15(19)18-14/h1-8H,9H2,(H,17,18,19). The van der Waals surface area contributed by atoms with E-state index in [1.165, 1.54) is 0 Å². The number of hydrogen-bond donors (Lipinski definition) is 1. The van der Waals surface area contributed by atoms with Crippen molar-refractivity contribution in [2.75, 3.05) is 0 Å². The number of nitrogens with one attached hydrogen (secondary N) is 1. The number of hydrogen-bond acceptors (Lipinski definition) is 3. The van der Waals surface area contributed by atoms with Gasteiger partial charge in [-0.1, -0.05) is 24.3 Å². The van der Waals surface area contributed by atoms with Crippen LogP contribution in [0.3, 0.4) is 0 Å². The van der Waals surface area contributed by atoms with E-state index in [-0.39, 0.29) is 5.56 Å². The Balaban J connectivity index is 1.88. The largest absolute Gasteiger partial charge is 0.309 e. The molecule has 5 heteroatoms. The summed E-state index contributed by atoms with van der Waals surface area (Å²) in [6.45, 7) is 0. The van der Waals surface area contributed by atoms with Crippen LogP contribution in [0.2, 0.25) is 0 Å². The third-order valence-corrected chi connectivity index (χ3v) is 4.90. The van der Waals surface area contributed by atoms with E-state index in [0.717, 1.165) is 14.9 Å². The molecule has 3 nitrogen and oxygen atoms in total. The third-order valence-electron chi connectivity index (χ3n) is 2.86. The van der Waals surface area contributed by atoms with Gasteiger partial charge in [0.1, 0.15) is 5.82 Å². The normalized spacial score (nSPS) is 10.8. The van der Waals surface area contributed by atoms with Crippen molar-refractivity contribution in [2.45, 2.75) is 10.6 Å². The maximum absolute atomic E-state index is 12.0. The van der Waals surface area contributed by atoms with Gasteiger partial charge < -0.3 is 4.98 Å². The lowest BCUT2D eigenvalue weighted by molar-refractivity contribution is 1.04. The fourth-order valence-corrected chi connectivity index (χ4v) is 3.35. The maximum Gasteiger partial charge on any atom is 0.258 e. The fourth-order valence-electron chi connectivity index (χ4n) is 1.91. The Labute approximate surface area is 128 Å². The monoisotopic (exact) mass is 346 g/mol. The molecule has 3 rings (SSSR count). The van der Waals surface area contributed by atoms with Crippen molar-refractivity contribution >= 4 is 38.6 Å². The Morgan fingerprint density at radius 1 is 1.10 bits per heavy atom. The number of aromatic amines is 1. The molecular weight excluding hydrogens is 336 g/mol. The molecule has 20 heavy (non-hydrogen) atoms. The molecule has 100 valence electrons. The van der Waals surface area contributed by atoms with E-state index in [2.05, 4.69) is 25.9 Å².